The predicted molar refractivity (Wildman–Crippen MR) is 108 cm³/mol. The number of hydrogen-bond acceptors (Lipinski definition) is 4. The minimum Gasteiger partial charge on any atom is -0.504 e. The fourth-order valence-electron chi connectivity index (χ4n) is 3.21. The largest absolute Gasteiger partial charge is 0.504 e. The van der Waals surface area contributed by atoms with Gasteiger partial charge in [-0.1, -0.05) is 43.2 Å². The number of benzene rings is 3. The molecule has 5 nitrogen and oxygen atoms in total. The summed E-state index contributed by atoms with van der Waals surface area (Å²) in [6.07, 6.45) is 4.93. The van der Waals surface area contributed by atoms with Crippen molar-refractivity contribution < 1.29 is 24.9 Å². The number of hydrogen-bond donors (Lipinski definition) is 3. The van der Waals surface area contributed by atoms with Crippen LogP contribution in [0.4, 0.5) is 0 Å². The van der Waals surface area contributed by atoms with E-state index in [0.717, 1.165) is 42.9 Å². The number of phenolic OH excluding ortho intramolecular Hbond substituents is 2. The molecule has 0 amide bonds. The molecule has 0 spiro atoms. The third-order valence-electron chi connectivity index (χ3n) is 4.73. The van der Waals surface area contributed by atoms with Gasteiger partial charge < -0.3 is 20.1 Å². The first kappa shape index (κ1) is 19.5. The predicted octanol–water partition coefficient (Wildman–Crippen LogP) is 5.13. The van der Waals surface area contributed by atoms with E-state index >= 15 is 0 Å². The van der Waals surface area contributed by atoms with E-state index in [1.807, 2.05) is 18.2 Å². The van der Waals surface area contributed by atoms with Crippen LogP contribution in [-0.4, -0.2) is 27.9 Å². The lowest BCUT2D eigenvalue weighted by Gasteiger charge is -2.09. The number of phenols is 2. The maximum atomic E-state index is 11.1. The molecule has 5 heteroatoms. The summed E-state index contributed by atoms with van der Waals surface area (Å²) in [4.78, 5) is 11.1. The number of para-hydroxylation sites is 1. The zero-order valence-electron chi connectivity index (χ0n) is 15.6. The van der Waals surface area contributed by atoms with Gasteiger partial charge >= 0.3 is 5.97 Å². The van der Waals surface area contributed by atoms with Crippen LogP contribution in [0.15, 0.2) is 54.6 Å². The number of carboxylic acids is 1. The van der Waals surface area contributed by atoms with E-state index in [9.17, 15) is 15.0 Å². The molecule has 0 atom stereocenters. The van der Waals surface area contributed by atoms with E-state index in [2.05, 4.69) is 0 Å². The van der Waals surface area contributed by atoms with E-state index < -0.39 is 5.97 Å². The Hall–Kier alpha value is -3.21. The Kier molecular flexibility index (Phi) is 6.37. The highest BCUT2D eigenvalue weighted by atomic mass is 16.5. The third-order valence-corrected chi connectivity index (χ3v) is 4.73. The van der Waals surface area contributed by atoms with Crippen molar-refractivity contribution >= 4 is 16.7 Å². The van der Waals surface area contributed by atoms with Crippen LogP contribution in [0, 0.1) is 0 Å². The van der Waals surface area contributed by atoms with Gasteiger partial charge in [-0.25, -0.2) is 4.79 Å². The lowest BCUT2D eigenvalue weighted by molar-refractivity contribution is 0.0692. The molecule has 0 fully saturated rings. The highest BCUT2D eigenvalue weighted by Gasteiger charge is 2.09. The number of carboxylic acid groups (broad SMARTS) is 1. The second kappa shape index (κ2) is 9.13. The average molecular weight is 380 g/mol. The average Bonchev–Trinajstić information content (AvgIpc) is 2.68. The summed E-state index contributed by atoms with van der Waals surface area (Å²) in [7, 11) is 0. The van der Waals surface area contributed by atoms with Crippen molar-refractivity contribution in [3.8, 4) is 17.2 Å². The molecule has 0 aliphatic carbocycles. The standard InChI is InChI=1S/C23H24O5/c24-20-14-17-11-10-16(13-18(17)15-21(20)25)7-3-1-2-6-12-28-22-9-5-4-8-19(22)23(26)27/h4-5,8-11,13-15,24-25H,1-3,6-7,12H2,(H,26,27). The Labute approximate surface area is 163 Å². The van der Waals surface area contributed by atoms with E-state index in [4.69, 9.17) is 9.84 Å². The first-order chi connectivity index (χ1) is 13.5. The van der Waals surface area contributed by atoms with Crippen molar-refractivity contribution in [3.63, 3.8) is 0 Å². The Morgan fingerprint density at radius 1 is 0.821 bits per heavy atom. The summed E-state index contributed by atoms with van der Waals surface area (Å²) >= 11 is 0. The summed E-state index contributed by atoms with van der Waals surface area (Å²) in [6.45, 7) is 0.503. The van der Waals surface area contributed by atoms with Gasteiger partial charge in [0, 0.05) is 0 Å². The van der Waals surface area contributed by atoms with Gasteiger partial charge in [-0.3, -0.25) is 0 Å². The highest BCUT2D eigenvalue weighted by Crippen LogP contribution is 2.30. The molecule has 28 heavy (non-hydrogen) atoms. The minimum absolute atomic E-state index is 0.103. The van der Waals surface area contributed by atoms with Gasteiger partial charge in [0.25, 0.3) is 0 Å². The number of ether oxygens (including phenoxy) is 1. The summed E-state index contributed by atoms with van der Waals surface area (Å²) in [5, 5.41) is 30.1. The Morgan fingerprint density at radius 3 is 2.32 bits per heavy atom. The topological polar surface area (TPSA) is 87.0 Å². The number of aromatic hydroxyl groups is 2. The van der Waals surface area contributed by atoms with Gasteiger partial charge in [-0.15, -0.1) is 0 Å². The second-order valence-electron chi connectivity index (χ2n) is 6.84. The van der Waals surface area contributed by atoms with Crippen molar-refractivity contribution in [2.45, 2.75) is 32.1 Å². The monoisotopic (exact) mass is 380 g/mol. The molecule has 0 heterocycles. The minimum atomic E-state index is -0.977. The van der Waals surface area contributed by atoms with E-state index in [1.165, 1.54) is 5.56 Å². The summed E-state index contributed by atoms with van der Waals surface area (Å²) in [6, 6.07) is 15.9. The number of carbonyl (C=O) groups is 1. The molecule has 146 valence electrons. The molecule has 0 saturated heterocycles. The van der Waals surface area contributed by atoms with Crippen LogP contribution >= 0.6 is 0 Å². The van der Waals surface area contributed by atoms with Crippen LogP contribution in [0.3, 0.4) is 0 Å². The molecule has 0 aliphatic rings. The summed E-state index contributed by atoms with van der Waals surface area (Å²) in [5.74, 6) is -0.766. The van der Waals surface area contributed by atoms with Crippen molar-refractivity contribution in [1.82, 2.24) is 0 Å². The number of aryl methyl sites for hydroxylation is 1. The lowest BCUT2D eigenvalue weighted by atomic mass is 10.0. The normalized spacial score (nSPS) is 10.9. The van der Waals surface area contributed by atoms with Crippen molar-refractivity contribution in [2.24, 2.45) is 0 Å². The van der Waals surface area contributed by atoms with Crippen LogP contribution in [0.5, 0.6) is 17.2 Å². The number of fused-ring (bicyclic) bond motifs is 1. The molecular weight excluding hydrogens is 356 g/mol. The van der Waals surface area contributed by atoms with E-state index in [1.54, 1.807) is 36.4 Å². The zero-order chi connectivity index (χ0) is 19.9. The molecule has 0 aromatic heterocycles. The summed E-state index contributed by atoms with van der Waals surface area (Å²) in [5.41, 5.74) is 1.39. The van der Waals surface area contributed by atoms with Crippen molar-refractivity contribution in [1.29, 1.82) is 0 Å². The Bertz CT molecular complexity index is 964. The fraction of sp³-hybridized carbons (Fsp3) is 0.261. The van der Waals surface area contributed by atoms with Crippen LogP contribution in [-0.2, 0) is 6.42 Å². The quantitative estimate of drug-likeness (QED) is 0.354. The Balaban J connectivity index is 1.40. The number of aromatic carboxylic acids is 1. The van der Waals surface area contributed by atoms with Crippen LogP contribution in [0.2, 0.25) is 0 Å². The van der Waals surface area contributed by atoms with Gasteiger partial charge in [-0.2, -0.15) is 0 Å². The van der Waals surface area contributed by atoms with Gasteiger partial charge in [0.2, 0.25) is 0 Å². The van der Waals surface area contributed by atoms with E-state index in [0.29, 0.717) is 12.4 Å². The SMILES string of the molecule is O=C(O)c1ccccc1OCCCCCCc1ccc2cc(O)c(O)cc2c1. The van der Waals surface area contributed by atoms with Crippen LogP contribution < -0.4 is 4.74 Å². The molecule has 0 unspecified atom stereocenters. The number of rotatable bonds is 9. The maximum absolute atomic E-state index is 11.1. The van der Waals surface area contributed by atoms with Gasteiger partial charge in [-0.05, 0) is 59.9 Å². The molecule has 3 aromatic rings. The van der Waals surface area contributed by atoms with Gasteiger partial charge in [0.15, 0.2) is 11.5 Å². The van der Waals surface area contributed by atoms with E-state index in [-0.39, 0.29) is 17.1 Å². The van der Waals surface area contributed by atoms with Crippen molar-refractivity contribution in [3.05, 3.63) is 65.7 Å². The van der Waals surface area contributed by atoms with Crippen LogP contribution in [0.25, 0.3) is 10.8 Å². The molecule has 3 rings (SSSR count). The van der Waals surface area contributed by atoms with Crippen LogP contribution in [0.1, 0.15) is 41.6 Å². The second-order valence-corrected chi connectivity index (χ2v) is 6.84. The maximum Gasteiger partial charge on any atom is 0.339 e. The summed E-state index contributed by atoms with van der Waals surface area (Å²) < 4.78 is 5.61. The van der Waals surface area contributed by atoms with Gasteiger partial charge in [0.05, 0.1) is 6.61 Å². The van der Waals surface area contributed by atoms with Crippen molar-refractivity contribution in [2.75, 3.05) is 6.61 Å². The first-order valence-electron chi connectivity index (χ1n) is 9.44. The zero-order valence-corrected chi connectivity index (χ0v) is 15.6. The molecule has 0 radical (unpaired) electrons. The van der Waals surface area contributed by atoms with Gasteiger partial charge in [0.1, 0.15) is 11.3 Å². The first-order valence-corrected chi connectivity index (χ1v) is 9.44. The highest BCUT2D eigenvalue weighted by molar-refractivity contribution is 5.90. The molecule has 3 N–H and O–H groups in total. The molecular formula is C23H24O5. The molecule has 0 aliphatic heterocycles. The fourth-order valence-corrected chi connectivity index (χ4v) is 3.21. The lowest BCUT2D eigenvalue weighted by Crippen LogP contribution is -2.04. The smallest absolute Gasteiger partial charge is 0.339 e. The Morgan fingerprint density at radius 2 is 1.54 bits per heavy atom. The molecule has 0 bridgehead atoms. The third kappa shape index (κ3) is 4.94. The number of unbranched alkanes of at least 4 members (excludes halogenated alkanes) is 3. The molecule has 0 saturated carbocycles. The molecule has 3 aromatic carbocycles.